The highest BCUT2D eigenvalue weighted by Gasteiger charge is 2.23. The van der Waals surface area contributed by atoms with E-state index in [-0.39, 0.29) is 5.91 Å². The van der Waals surface area contributed by atoms with Crippen molar-refractivity contribution in [1.29, 1.82) is 0 Å². The molecule has 1 aliphatic rings. The number of rotatable bonds is 1. The zero-order chi connectivity index (χ0) is 13.4. The topological polar surface area (TPSA) is 36.1 Å². The zero-order valence-electron chi connectivity index (χ0n) is 10.1. The third kappa shape index (κ3) is 2.36. The molecule has 5 heteroatoms. The fraction of sp³-hybridized carbons (Fsp3) is 0.214. The van der Waals surface area contributed by atoms with Crippen LogP contribution >= 0.6 is 23.2 Å². The predicted molar refractivity (Wildman–Crippen MR) is 75.7 cm³/mol. The lowest BCUT2D eigenvalue weighted by atomic mass is 10.00. The molecule has 1 aromatic heterocycles. The Kier molecular flexibility index (Phi) is 3.25. The van der Waals surface area contributed by atoms with Gasteiger partial charge in [-0.3, -0.25) is 4.79 Å². The van der Waals surface area contributed by atoms with Gasteiger partial charge in [0.05, 0.1) is 5.02 Å². The van der Waals surface area contributed by atoms with Gasteiger partial charge in [-0.2, -0.15) is 0 Å². The molecule has 0 spiro atoms. The van der Waals surface area contributed by atoms with E-state index >= 15 is 0 Å². The summed E-state index contributed by atoms with van der Waals surface area (Å²) in [6.45, 7) is 1.34. The summed E-state index contributed by atoms with van der Waals surface area (Å²) in [6, 6.07) is 9.77. The van der Waals surface area contributed by atoms with Crippen LogP contribution in [-0.2, 0) is 13.0 Å². The molecule has 0 saturated carbocycles. The minimum atomic E-state index is -0.0664. The van der Waals surface area contributed by atoms with Crippen molar-refractivity contribution in [2.75, 3.05) is 6.54 Å². The Labute approximate surface area is 121 Å². The van der Waals surface area contributed by atoms with Crippen LogP contribution in [-0.4, -0.2) is 22.3 Å². The van der Waals surface area contributed by atoms with Crippen LogP contribution in [0.3, 0.4) is 0 Å². The molecule has 0 unspecified atom stereocenters. The molecule has 3 nitrogen and oxygen atoms in total. The van der Waals surface area contributed by atoms with E-state index in [1.807, 2.05) is 12.1 Å². The van der Waals surface area contributed by atoms with Crippen molar-refractivity contribution < 1.29 is 4.79 Å². The average Bonchev–Trinajstić information content (AvgIpc) is 2.77. The summed E-state index contributed by atoms with van der Waals surface area (Å²) in [6.07, 6.45) is 0.879. The van der Waals surface area contributed by atoms with Gasteiger partial charge in [-0.25, -0.2) is 0 Å². The fourth-order valence-corrected chi connectivity index (χ4v) is 2.67. The van der Waals surface area contributed by atoms with Crippen molar-refractivity contribution in [3.05, 3.63) is 57.3 Å². The van der Waals surface area contributed by atoms with Crippen molar-refractivity contribution in [2.45, 2.75) is 13.0 Å². The second-order valence-electron chi connectivity index (χ2n) is 4.59. The highest BCUT2D eigenvalue weighted by molar-refractivity contribution is 6.41. The van der Waals surface area contributed by atoms with E-state index < -0.39 is 0 Å². The molecule has 0 saturated heterocycles. The highest BCUT2D eigenvalue weighted by atomic mass is 35.5. The summed E-state index contributed by atoms with van der Waals surface area (Å²) in [7, 11) is 0. The smallest absolute Gasteiger partial charge is 0.270 e. The van der Waals surface area contributed by atoms with Gasteiger partial charge >= 0.3 is 0 Å². The summed E-state index contributed by atoms with van der Waals surface area (Å²) in [5, 5.41) is 0.685. The van der Waals surface area contributed by atoms with Gasteiger partial charge < -0.3 is 9.88 Å². The number of hydrogen-bond donors (Lipinski definition) is 1. The first kappa shape index (κ1) is 12.6. The lowest BCUT2D eigenvalue weighted by Gasteiger charge is -2.28. The van der Waals surface area contributed by atoms with Crippen LogP contribution in [0.5, 0.6) is 0 Å². The Morgan fingerprint density at radius 1 is 1.21 bits per heavy atom. The standard InChI is InChI=1S/C14H12Cl2N2O/c15-11-7-12(17-13(11)16)14(19)18-6-5-9-3-1-2-4-10(9)8-18/h1-4,7,17H,5-6,8H2. The number of aromatic nitrogens is 1. The minimum Gasteiger partial charge on any atom is -0.340 e. The number of carbonyl (C=O) groups excluding carboxylic acids is 1. The van der Waals surface area contributed by atoms with E-state index in [0.29, 0.717) is 29.0 Å². The third-order valence-corrected chi connectivity index (χ3v) is 4.07. The average molecular weight is 295 g/mol. The van der Waals surface area contributed by atoms with Crippen LogP contribution in [0.1, 0.15) is 21.6 Å². The largest absolute Gasteiger partial charge is 0.340 e. The first-order chi connectivity index (χ1) is 9.15. The number of carbonyl (C=O) groups is 1. The number of hydrogen-bond acceptors (Lipinski definition) is 1. The predicted octanol–water partition coefficient (Wildman–Crippen LogP) is 3.52. The van der Waals surface area contributed by atoms with Crippen LogP contribution in [0.2, 0.25) is 10.2 Å². The normalized spacial score (nSPS) is 14.3. The molecule has 1 N–H and O–H groups in total. The maximum absolute atomic E-state index is 12.4. The van der Waals surface area contributed by atoms with E-state index in [4.69, 9.17) is 23.2 Å². The van der Waals surface area contributed by atoms with Crippen LogP contribution in [0.25, 0.3) is 0 Å². The summed E-state index contributed by atoms with van der Waals surface area (Å²) in [5.74, 6) is -0.0664. The molecule has 2 aromatic rings. The molecule has 1 amide bonds. The van der Waals surface area contributed by atoms with Gasteiger partial charge in [0.2, 0.25) is 0 Å². The molecular weight excluding hydrogens is 283 g/mol. The van der Waals surface area contributed by atoms with Crippen LogP contribution in [0.15, 0.2) is 30.3 Å². The zero-order valence-corrected chi connectivity index (χ0v) is 11.6. The molecule has 0 fully saturated rings. The number of amides is 1. The van der Waals surface area contributed by atoms with Gasteiger partial charge in [-0.05, 0) is 23.6 Å². The maximum atomic E-state index is 12.4. The van der Waals surface area contributed by atoms with Crippen molar-refractivity contribution in [2.24, 2.45) is 0 Å². The Morgan fingerprint density at radius 2 is 1.95 bits per heavy atom. The molecule has 0 aliphatic carbocycles. The number of halogens is 2. The van der Waals surface area contributed by atoms with Gasteiger partial charge in [0.1, 0.15) is 10.8 Å². The molecule has 3 rings (SSSR count). The van der Waals surface area contributed by atoms with Crippen molar-refractivity contribution in [3.63, 3.8) is 0 Å². The van der Waals surface area contributed by atoms with E-state index in [1.165, 1.54) is 11.1 Å². The first-order valence-electron chi connectivity index (χ1n) is 6.05. The summed E-state index contributed by atoms with van der Waals surface area (Å²) >= 11 is 11.7. The number of benzene rings is 1. The van der Waals surface area contributed by atoms with Crippen molar-refractivity contribution in [3.8, 4) is 0 Å². The maximum Gasteiger partial charge on any atom is 0.270 e. The van der Waals surface area contributed by atoms with Gasteiger partial charge in [-0.1, -0.05) is 47.5 Å². The summed E-state index contributed by atoms with van der Waals surface area (Å²) < 4.78 is 0. The molecule has 1 aliphatic heterocycles. The molecule has 0 radical (unpaired) electrons. The monoisotopic (exact) mass is 294 g/mol. The third-order valence-electron chi connectivity index (χ3n) is 3.37. The van der Waals surface area contributed by atoms with Gasteiger partial charge in [0, 0.05) is 13.1 Å². The van der Waals surface area contributed by atoms with Gasteiger partial charge in [-0.15, -0.1) is 0 Å². The lowest BCUT2D eigenvalue weighted by molar-refractivity contribution is 0.0729. The number of nitrogens with one attached hydrogen (secondary N) is 1. The molecule has 1 aromatic carbocycles. The Balaban J connectivity index is 1.83. The number of aromatic amines is 1. The van der Waals surface area contributed by atoms with Crippen LogP contribution in [0.4, 0.5) is 0 Å². The number of H-pyrrole nitrogens is 1. The van der Waals surface area contributed by atoms with Crippen LogP contribution < -0.4 is 0 Å². The van der Waals surface area contributed by atoms with E-state index in [1.54, 1.807) is 11.0 Å². The lowest BCUT2D eigenvalue weighted by Crippen LogP contribution is -2.36. The Morgan fingerprint density at radius 3 is 2.63 bits per heavy atom. The number of nitrogens with zero attached hydrogens (tertiary/aromatic N) is 1. The van der Waals surface area contributed by atoms with Crippen molar-refractivity contribution in [1.82, 2.24) is 9.88 Å². The molecule has 0 bridgehead atoms. The summed E-state index contributed by atoms with van der Waals surface area (Å²) in [5.41, 5.74) is 2.95. The van der Waals surface area contributed by atoms with Gasteiger partial charge in [0.15, 0.2) is 0 Å². The SMILES string of the molecule is O=C(c1cc(Cl)c(Cl)[nH]1)N1CCc2ccccc2C1. The summed E-state index contributed by atoms with van der Waals surface area (Å²) in [4.78, 5) is 17.0. The second kappa shape index (κ2) is 4.91. The second-order valence-corrected chi connectivity index (χ2v) is 5.38. The molecule has 2 heterocycles. The molecular formula is C14H12Cl2N2O. The first-order valence-corrected chi connectivity index (χ1v) is 6.81. The van der Waals surface area contributed by atoms with E-state index in [9.17, 15) is 4.79 Å². The van der Waals surface area contributed by atoms with E-state index in [0.717, 1.165) is 6.42 Å². The van der Waals surface area contributed by atoms with E-state index in [2.05, 4.69) is 17.1 Å². The molecule has 98 valence electrons. The minimum absolute atomic E-state index is 0.0664. The quantitative estimate of drug-likeness (QED) is 0.858. The fourth-order valence-electron chi connectivity index (χ4n) is 2.36. The molecule has 19 heavy (non-hydrogen) atoms. The number of fused-ring (bicyclic) bond motifs is 1. The Bertz CT molecular complexity index is 617. The Hall–Kier alpha value is -1.45. The highest BCUT2D eigenvalue weighted by Crippen LogP contribution is 2.25. The van der Waals surface area contributed by atoms with Crippen molar-refractivity contribution >= 4 is 29.1 Å². The van der Waals surface area contributed by atoms with Crippen LogP contribution in [0, 0.1) is 0 Å². The van der Waals surface area contributed by atoms with Gasteiger partial charge in [0.25, 0.3) is 5.91 Å². The molecule has 0 atom stereocenters.